The minimum Gasteiger partial charge on any atom is -0.377 e. The number of benzene rings is 1. The number of hydrogen-bond acceptors (Lipinski definition) is 2. The van der Waals surface area contributed by atoms with E-state index in [0.717, 1.165) is 4.57 Å². The summed E-state index contributed by atoms with van der Waals surface area (Å²) in [5.74, 6) is -0.478. The van der Waals surface area contributed by atoms with Crippen LogP contribution in [0.4, 0.5) is 13.2 Å². The van der Waals surface area contributed by atoms with Crippen LogP contribution in [0.5, 0.6) is 0 Å². The SMILES string of the molecule is C=Cn1c(C(O)C(F)(F)F)nc2ccccc21. The quantitative estimate of drug-likeness (QED) is 0.879. The maximum atomic E-state index is 12.4. The molecule has 0 fully saturated rings. The number of aromatic nitrogens is 2. The molecular weight excluding hydrogens is 233 g/mol. The predicted molar refractivity (Wildman–Crippen MR) is 57.1 cm³/mol. The third-order valence-electron chi connectivity index (χ3n) is 2.36. The minimum atomic E-state index is -4.75. The van der Waals surface area contributed by atoms with E-state index in [0.29, 0.717) is 11.0 Å². The van der Waals surface area contributed by atoms with Crippen molar-refractivity contribution < 1.29 is 18.3 Å². The molecule has 0 radical (unpaired) electrons. The second-order valence-electron chi connectivity index (χ2n) is 3.46. The molecule has 1 unspecified atom stereocenters. The molecule has 0 aliphatic carbocycles. The molecule has 1 heterocycles. The summed E-state index contributed by atoms with van der Waals surface area (Å²) in [6, 6.07) is 6.51. The molecule has 6 heteroatoms. The molecule has 1 atom stereocenters. The Bertz CT molecular complexity index is 559. The van der Waals surface area contributed by atoms with Crippen LogP contribution in [0, 0.1) is 0 Å². The Balaban J connectivity index is 2.65. The van der Waals surface area contributed by atoms with E-state index >= 15 is 0 Å². The number of imidazole rings is 1. The van der Waals surface area contributed by atoms with E-state index < -0.39 is 18.1 Å². The Hall–Kier alpha value is -1.82. The zero-order valence-corrected chi connectivity index (χ0v) is 8.65. The van der Waals surface area contributed by atoms with Gasteiger partial charge in [-0.25, -0.2) is 4.98 Å². The van der Waals surface area contributed by atoms with Crippen molar-refractivity contribution in [2.75, 3.05) is 0 Å². The lowest BCUT2D eigenvalue weighted by atomic mass is 10.3. The van der Waals surface area contributed by atoms with Gasteiger partial charge in [0.1, 0.15) is 0 Å². The Morgan fingerprint density at radius 1 is 1.35 bits per heavy atom. The molecule has 3 nitrogen and oxygen atoms in total. The maximum absolute atomic E-state index is 12.4. The van der Waals surface area contributed by atoms with Crippen molar-refractivity contribution in [1.82, 2.24) is 9.55 Å². The summed E-state index contributed by atoms with van der Waals surface area (Å²) >= 11 is 0. The number of aliphatic hydroxyl groups excluding tert-OH is 1. The molecule has 0 spiro atoms. The van der Waals surface area contributed by atoms with Crippen LogP contribution in [-0.4, -0.2) is 20.8 Å². The number of alkyl halides is 3. The van der Waals surface area contributed by atoms with Gasteiger partial charge in [0.25, 0.3) is 0 Å². The van der Waals surface area contributed by atoms with Gasteiger partial charge < -0.3 is 9.67 Å². The number of aliphatic hydroxyl groups is 1. The van der Waals surface area contributed by atoms with Gasteiger partial charge in [-0.3, -0.25) is 0 Å². The first-order chi connectivity index (χ1) is 7.95. The second kappa shape index (κ2) is 3.89. The van der Waals surface area contributed by atoms with Gasteiger partial charge in [0.2, 0.25) is 6.10 Å². The zero-order valence-electron chi connectivity index (χ0n) is 8.65. The van der Waals surface area contributed by atoms with Crippen LogP contribution in [-0.2, 0) is 0 Å². The molecule has 0 saturated carbocycles. The third-order valence-corrected chi connectivity index (χ3v) is 2.36. The highest BCUT2D eigenvalue weighted by Crippen LogP contribution is 2.33. The minimum absolute atomic E-state index is 0.380. The van der Waals surface area contributed by atoms with Crippen LogP contribution in [0.3, 0.4) is 0 Å². The van der Waals surface area contributed by atoms with Crippen LogP contribution in [0.1, 0.15) is 11.9 Å². The molecule has 1 aromatic carbocycles. The molecule has 0 aliphatic rings. The number of rotatable bonds is 2. The number of fused-ring (bicyclic) bond motifs is 1. The highest BCUT2D eigenvalue weighted by atomic mass is 19.4. The lowest BCUT2D eigenvalue weighted by Gasteiger charge is -2.14. The first-order valence-electron chi connectivity index (χ1n) is 4.79. The van der Waals surface area contributed by atoms with E-state index in [2.05, 4.69) is 11.6 Å². The molecule has 0 amide bonds. The van der Waals surface area contributed by atoms with E-state index in [-0.39, 0.29) is 0 Å². The fraction of sp³-hybridized carbons (Fsp3) is 0.182. The van der Waals surface area contributed by atoms with Crippen molar-refractivity contribution in [3.05, 3.63) is 36.7 Å². The average molecular weight is 242 g/mol. The van der Waals surface area contributed by atoms with E-state index in [4.69, 9.17) is 0 Å². The highest BCUT2D eigenvalue weighted by Gasteiger charge is 2.42. The van der Waals surface area contributed by atoms with Gasteiger partial charge in [0.15, 0.2) is 5.82 Å². The van der Waals surface area contributed by atoms with Gasteiger partial charge in [-0.15, -0.1) is 0 Å². The van der Waals surface area contributed by atoms with Crippen LogP contribution < -0.4 is 0 Å². The molecule has 0 saturated heterocycles. The number of halogens is 3. The summed E-state index contributed by atoms with van der Waals surface area (Å²) in [6.45, 7) is 3.42. The smallest absolute Gasteiger partial charge is 0.377 e. The van der Waals surface area contributed by atoms with Crippen molar-refractivity contribution in [1.29, 1.82) is 0 Å². The van der Waals surface area contributed by atoms with Gasteiger partial charge in [0.05, 0.1) is 11.0 Å². The van der Waals surface area contributed by atoms with Crippen LogP contribution in [0.15, 0.2) is 30.8 Å². The van der Waals surface area contributed by atoms with Crippen molar-refractivity contribution in [3.8, 4) is 0 Å². The van der Waals surface area contributed by atoms with E-state index in [1.54, 1.807) is 24.3 Å². The molecular formula is C11H9F3N2O. The molecule has 2 rings (SSSR count). The van der Waals surface area contributed by atoms with Gasteiger partial charge >= 0.3 is 6.18 Å². The van der Waals surface area contributed by atoms with Crippen LogP contribution >= 0.6 is 0 Å². The van der Waals surface area contributed by atoms with Gasteiger partial charge in [-0.1, -0.05) is 18.7 Å². The van der Waals surface area contributed by atoms with Crippen molar-refractivity contribution >= 4 is 17.2 Å². The number of para-hydroxylation sites is 2. The van der Waals surface area contributed by atoms with Gasteiger partial charge in [-0.05, 0) is 12.1 Å². The Morgan fingerprint density at radius 3 is 2.59 bits per heavy atom. The summed E-state index contributed by atoms with van der Waals surface area (Å²) in [4.78, 5) is 3.77. The molecule has 1 N–H and O–H groups in total. The number of nitrogens with zero attached hydrogens (tertiary/aromatic N) is 2. The first kappa shape index (κ1) is 11.7. The van der Waals surface area contributed by atoms with Crippen LogP contribution in [0.25, 0.3) is 17.2 Å². The summed E-state index contributed by atoms with van der Waals surface area (Å²) in [7, 11) is 0. The van der Waals surface area contributed by atoms with E-state index in [9.17, 15) is 18.3 Å². The third kappa shape index (κ3) is 1.91. The van der Waals surface area contributed by atoms with Gasteiger partial charge in [0, 0.05) is 6.20 Å². The summed E-state index contributed by atoms with van der Waals surface area (Å²) in [6.07, 6.45) is -6.17. The number of hydrogen-bond donors (Lipinski definition) is 1. The Morgan fingerprint density at radius 2 is 2.00 bits per heavy atom. The summed E-state index contributed by atoms with van der Waals surface area (Å²) in [5.41, 5.74) is 0.853. The largest absolute Gasteiger partial charge is 0.421 e. The summed E-state index contributed by atoms with van der Waals surface area (Å²) < 4.78 is 38.5. The summed E-state index contributed by atoms with van der Waals surface area (Å²) in [5, 5.41) is 9.21. The topological polar surface area (TPSA) is 38.0 Å². The highest BCUT2D eigenvalue weighted by molar-refractivity contribution is 5.78. The monoisotopic (exact) mass is 242 g/mol. The van der Waals surface area contributed by atoms with E-state index in [1.165, 1.54) is 6.20 Å². The predicted octanol–water partition coefficient (Wildman–Crippen LogP) is 2.73. The molecule has 0 aliphatic heterocycles. The standard InChI is InChI=1S/C11H9F3N2O/c1-2-16-8-6-4-3-5-7(8)15-10(16)9(17)11(12,13)14/h2-6,9,17H,1H2. The molecule has 17 heavy (non-hydrogen) atoms. The average Bonchev–Trinajstić information content (AvgIpc) is 2.64. The molecule has 90 valence electrons. The normalized spacial score (nSPS) is 13.9. The Kier molecular flexibility index (Phi) is 2.66. The van der Waals surface area contributed by atoms with Crippen LogP contribution in [0.2, 0.25) is 0 Å². The molecule has 1 aromatic heterocycles. The lowest BCUT2D eigenvalue weighted by molar-refractivity contribution is -0.209. The molecule has 2 aromatic rings. The first-order valence-corrected chi connectivity index (χ1v) is 4.79. The maximum Gasteiger partial charge on any atom is 0.421 e. The van der Waals surface area contributed by atoms with Crippen molar-refractivity contribution in [2.45, 2.75) is 12.3 Å². The molecule has 0 bridgehead atoms. The Labute approximate surface area is 94.8 Å². The lowest BCUT2D eigenvalue weighted by Crippen LogP contribution is -2.22. The van der Waals surface area contributed by atoms with Crippen molar-refractivity contribution in [2.24, 2.45) is 0 Å². The van der Waals surface area contributed by atoms with E-state index in [1.807, 2.05) is 0 Å². The van der Waals surface area contributed by atoms with Gasteiger partial charge in [-0.2, -0.15) is 13.2 Å². The fourth-order valence-corrected chi connectivity index (χ4v) is 1.59. The fourth-order valence-electron chi connectivity index (χ4n) is 1.59. The zero-order chi connectivity index (χ0) is 12.6. The van der Waals surface area contributed by atoms with Crippen molar-refractivity contribution in [3.63, 3.8) is 0 Å². The second-order valence-corrected chi connectivity index (χ2v) is 3.46.